The van der Waals surface area contributed by atoms with Crippen molar-refractivity contribution in [2.24, 2.45) is 0 Å². The van der Waals surface area contributed by atoms with Crippen molar-refractivity contribution in [3.8, 4) is 0 Å². The minimum atomic E-state index is -0.428. The number of hydrogen-bond donors (Lipinski definition) is 0. The van der Waals surface area contributed by atoms with Crippen LogP contribution in [0.15, 0.2) is 42.5 Å². The second-order valence-electron chi connectivity index (χ2n) is 7.75. The minimum Gasteiger partial charge on any atom is -0.371 e. The highest BCUT2D eigenvalue weighted by Crippen LogP contribution is 2.31. The Balaban J connectivity index is 1.52. The molecule has 2 aliphatic rings. The monoisotopic (exact) mass is 377 g/mol. The molecular formula is C23H27N3O2. The number of aryl methyl sites for hydroxylation is 1. The van der Waals surface area contributed by atoms with E-state index in [0.717, 1.165) is 37.3 Å². The highest BCUT2D eigenvalue weighted by Gasteiger charge is 2.36. The highest BCUT2D eigenvalue weighted by atomic mass is 16.2. The summed E-state index contributed by atoms with van der Waals surface area (Å²) in [7, 11) is 2.00. The number of Topliss-reactive ketones (excluding diaryl/α,β-unsaturated/α-hetero) is 1. The van der Waals surface area contributed by atoms with Crippen LogP contribution in [0.4, 0.5) is 11.4 Å². The van der Waals surface area contributed by atoms with E-state index in [0.29, 0.717) is 12.2 Å². The minimum absolute atomic E-state index is 0.392. The van der Waals surface area contributed by atoms with Crippen LogP contribution in [0.3, 0.4) is 0 Å². The van der Waals surface area contributed by atoms with E-state index in [1.54, 1.807) is 4.90 Å². The molecule has 0 bridgehead atoms. The van der Waals surface area contributed by atoms with Crippen LogP contribution in [-0.4, -0.2) is 43.4 Å². The number of fused-ring (bicyclic) bond motifs is 1. The molecule has 28 heavy (non-hydrogen) atoms. The van der Waals surface area contributed by atoms with Gasteiger partial charge in [0.05, 0.1) is 17.9 Å². The Morgan fingerprint density at radius 3 is 2.50 bits per heavy atom. The van der Waals surface area contributed by atoms with Crippen LogP contribution in [0.2, 0.25) is 0 Å². The lowest BCUT2D eigenvalue weighted by atomic mass is 10.1. The van der Waals surface area contributed by atoms with E-state index in [1.807, 2.05) is 32.2 Å². The SMILES string of the molecule is CCc1ccc2c(c1)C(=O)C(=O)N2CN(C)Cc1ccccc1N1CCCC1. The number of benzene rings is 2. The predicted molar refractivity (Wildman–Crippen MR) is 112 cm³/mol. The Morgan fingerprint density at radius 2 is 1.75 bits per heavy atom. The zero-order chi connectivity index (χ0) is 19.7. The largest absolute Gasteiger partial charge is 0.371 e. The van der Waals surface area contributed by atoms with Gasteiger partial charge in [-0.15, -0.1) is 0 Å². The van der Waals surface area contributed by atoms with Gasteiger partial charge in [-0.3, -0.25) is 19.4 Å². The molecule has 0 aromatic heterocycles. The van der Waals surface area contributed by atoms with Gasteiger partial charge < -0.3 is 4.90 Å². The number of amides is 1. The number of carbonyl (C=O) groups excluding carboxylic acids is 2. The fraction of sp³-hybridized carbons (Fsp3) is 0.391. The molecule has 0 radical (unpaired) electrons. The first-order valence-corrected chi connectivity index (χ1v) is 10.1. The number of nitrogens with zero attached hydrogens (tertiary/aromatic N) is 3. The standard InChI is InChI=1S/C23H27N3O2/c1-3-17-10-11-21-19(14-17)22(27)23(28)26(21)16-24(2)15-18-8-4-5-9-20(18)25-12-6-7-13-25/h4-5,8-11,14H,3,6-7,12-13,15-16H2,1-2H3. The molecule has 1 saturated heterocycles. The van der Waals surface area contributed by atoms with Gasteiger partial charge in [-0.2, -0.15) is 0 Å². The summed E-state index contributed by atoms with van der Waals surface area (Å²) in [5, 5.41) is 0. The second kappa shape index (κ2) is 7.76. The van der Waals surface area contributed by atoms with E-state index in [1.165, 1.54) is 24.1 Å². The molecule has 2 aromatic rings. The molecule has 0 spiro atoms. The van der Waals surface area contributed by atoms with E-state index in [-0.39, 0.29) is 0 Å². The first-order valence-electron chi connectivity index (χ1n) is 10.1. The Labute approximate surface area is 166 Å². The van der Waals surface area contributed by atoms with Crippen LogP contribution in [0.25, 0.3) is 0 Å². The van der Waals surface area contributed by atoms with Gasteiger partial charge in [0.15, 0.2) is 0 Å². The molecule has 5 nitrogen and oxygen atoms in total. The van der Waals surface area contributed by atoms with Crippen molar-refractivity contribution >= 4 is 23.1 Å². The van der Waals surface area contributed by atoms with Crippen molar-refractivity contribution in [3.05, 3.63) is 59.2 Å². The summed E-state index contributed by atoms with van der Waals surface area (Å²) >= 11 is 0. The summed E-state index contributed by atoms with van der Waals surface area (Å²) in [5.41, 5.74) is 4.88. The van der Waals surface area contributed by atoms with Crippen LogP contribution in [0.1, 0.15) is 41.3 Å². The lowest BCUT2D eigenvalue weighted by Crippen LogP contribution is -2.39. The van der Waals surface area contributed by atoms with Crippen molar-refractivity contribution in [3.63, 3.8) is 0 Å². The smallest absolute Gasteiger partial charge is 0.300 e. The van der Waals surface area contributed by atoms with Crippen LogP contribution in [0, 0.1) is 0 Å². The second-order valence-corrected chi connectivity index (χ2v) is 7.75. The van der Waals surface area contributed by atoms with E-state index in [2.05, 4.69) is 34.1 Å². The fourth-order valence-electron chi connectivity index (χ4n) is 4.20. The van der Waals surface area contributed by atoms with Crippen molar-refractivity contribution < 1.29 is 9.59 Å². The molecule has 1 fully saturated rings. The number of hydrogen-bond acceptors (Lipinski definition) is 4. The number of anilines is 2. The summed E-state index contributed by atoms with van der Waals surface area (Å²) < 4.78 is 0. The summed E-state index contributed by atoms with van der Waals surface area (Å²) in [5.74, 6) is -0.820. The molecule has 4 rings (SSSR count). The third-order valence-electron chi connectivity index (χ3n) is 5.71. The molecule has 0 atom stereocenters. The number of carbonyl (C=O) groups is 2. The first-order chi connectivity index (χ1) is 13.6. The molecule has 1 amide bonds. The van der Waals surface area contributed by atoms with Gasteiger partial charge in [0, 0.05) is 25.3 Å². The van der Waals surface area contributed by atoms with Crippen LogP contribution in [-0.2, 0) is 17.8 Å². The van der Waals surface area contributed by atoms with Gasteiger partial charge in [-0.05, 0) is 55.6 Å². The topological polar surface area (TPSA) is 43.9 Å². The zero-order valence-corrected chi connectivity index (χ0v) is 16.6. The van der Waals surface area contributed by atoms with Crippen molar-refractivity contribution in [1.82, 2.24) is 4.90 Å². The maximum atomic E-state index is 12.6. The summed E-state index contributed by atoms with van der Waals surface area (Å²) in [6, 6.07) is 14.3. The van der Waals surface area contributed by atoms with E-state index < -0.39 is 11.7 Å². The molecule has 2 heterocycles. The van der Waals surface area contributed by atoms with Gasteiger partial charge in [-0.25, -0.2) is 0 Å². The quantitative estimate of drug-likeness (QED) is 0.723. The molecular weight excluding hydrogens is 350 g/mol. The van der Waals surface area contributed by atoms with E-state index >= 15 is 0 Å². The Kier molecular flexibility index (Phi) is 5.18. The lowest BCUT2D eigenvalue weighted by molar-refractivity contribution is -0.114. The Morgan fingerprint density at radius 1 is 1.00 bits per heavy atom. The van der Waals surface area contributed by atoms with Gasteiger partial charge in [-0.1, -0.05) is 31.2 Å². The molecule has 5 heteroatoms. The summed E-state index contributed by atoms with van der Waals surface area (Å²) in [6.07, 6.45) is 3.33. The van der Waals surface area contributed by atoms with E-state index in [9.17, 15) is 9.59 Å². The molecule has 0 aliphatic carbocycles. The Hall–Kier alpha value is -2.66. The number of para-hydroxylation sites is 1. The molecule has 0 N–H and O–H groups in total. The molecule has 0 unspecified atom stereocenters. The predicted octanol–water partition coefficient (Wildman–Crippen LogP) is 3.47. The molecule has 146 valence electrons. The zero-order valence-electron chi connectivity index (χ0n) is 16.6. The lowest BCUT2D eigenvalue weighted by Gasteiger charge is -2.27. The normalized spacial score (nSPS) is 16.4. The molecule has 0 saturated carbocycles. The highest BCUT2D eigenvalue weighted by molar-refractivity contribution is 6.52. The fourth-order valence-corrected chi connectivity index (χ4v) is 4.20. The van der Waals surface area contributed by atoms with Crippen LogP contribution >= 0.6 is 0 Å². The molecule has 2 aliphatic heterocycles. The summed E-state index contributed by atoms with van der Waals surface area (Å²) in [4.78, 5) is 31.1. The third-order valence-corrected chi connectivity index (χ3v) is 5.71. The maximum absolute atomic E-state index is 12.6. The Bertz CT molecular complexity index is 902. The van der Waals surface area contributed by atoms with Crippen LogP contribution < -0.4 is 9.80 Å². The summed E-state index contributed by atoms with van der Waals surface area (Å²) in [6.45, 7) is 5.39. The number of rotatable bonds is 6. The van der Waals surface area contributed by atoms with Crippen molar-refractivity contribution in [2.45, 2.75) is 32.7 Å². The van der Waals surface area contributed by atoms with Gasteiger partial charge in [0.1, 0.15) is 0 Å². The van der Waals surface area contributed by atoms with E-state index in [4.69, 9.17) is 0 Å². The first kappa shape index (κ1) is 18.7. The van der Waals surface area contributed by atoms with Crippen LogP contribution in [0.5, 0.6) is 0 Å². The van der Waals surface area contributed by atoms with Gasteiger partial charge in [0.2, 0.25) is 0 Å². The van der Waals surface area contributed by atoms with Crippen molar-refractivity contribution in [2.75, 3.05) is 36.6 Å². The number of ketones is 1. The average molecular weight is 377 g/mol. The molecule has 2 aromatic carbocycles. The van der Waals surface area contributed by atoms with Gasteiger partial charge in [0.25, 0.3) is 5.78 Å². The maximum Gasteiger partial charge on any atom is 0.300 e. The van der Waals surface area contributed by atoms with Gasteiger partial charge >= 0.3 is 5.91 Å². The average Bonchev–Trinajstić information content (AvgIpc) is 3.32. The third kappa shape index (κ3) is 3.42. The van der Waals surface area contributed by atoms with Crippen molar-refractivity contribution in [1.29, 1.82) is 0 Å².